The highest BCUT2D eigenvalue weighted by Crippen LogP contribution is 2.34. The van der Waals surface area contributed by atoms with Gasteiger partial charge in [-0.1, -0.05) is 47.6 Å². The van der Waals surface area contributed by atoms with Gasteiger partial charge in [0.15, 0.2) is 0 Å². The molecule has 0 heterocycles. The highest BCUT2D eigenvalue weighted by Gasteiger charge is 2.25. The van der Waals surface area contributed by atoms with Gasteiger partial charge in [-0.25, -0.2) is 0 Å². The van der Waals surface area contributed by atoms with Crippen molar-refractivity contribution in [2.75, 3.05) is 19.0 Å². The van der Waals surface area contributed by atoms with Gasteiger partial charge in [-0.05, 0) is 51.6 Å². The van der Waals surface area contributed by atoms with Crippen LogP contribution >= 0.6 is 5.47 Å². The first-order chi connectivity index (χ1) is 8.85. The fourth-order valence-corrected chi connectivity index (χ4v) is 4.36. The predicted octanol–water partition coefficient (Wildman–Crippen LogP) is 4.38. The summed E-state index contributed by atoms with van der Waals surface area (Å²) in [5.41, 5.74) is 3.07. The van der Waals surface area contributed by atoms with Crippen LogP contribution in [0.4, 0.5) is 5.69 Å². The summed E-state index contributed by atoms with van der Waals surface area (Å²) in [6, 6.07) is 4.58. The lowest BCUT2D eigenvalue weighted by Crippen LogP contribution is -2.27. The van der Waals surface area contributed by atoms with Crippen molar-refractivity contribution in [3.63, 3.8) is 0 Å². The standard InChI is InChI=1S/C16H26NPS2/c1-15(2,3)11-9-12(16(4,5)6)14(18(19)20)13(10-11)17(7)8/h9-10H,1-8H3. The van der Waals surface area contributed by atoms with Crippen LogP contribution in [0.1, 0.15) is 52.7 Å². The number of hydrogen-bond donors (Lipinski definition) is 0. The zero-order valence-electron chi connectivity index (χ0n) is 13.9. The van der Waals surface area contributed by atoms with E-state index in [9.17, 15) is 0 Å². The van der Waals surface area contributed by atoms with Crippen LogP contribution in [0.3, 0.4) is 0 Å². The SMILES string of the molecule is CN(C)c1cc(C(C)(C)C)cc(C(C)(C)C)c1P(=S)=S. The Hall–Kier alpha value is -0.240. The van der Waals surface area contributed by atoms with Crippen molar-refractivity contribution in [2.45, 2.75) is 52.4 Å². The number of hydrogen-bond acceptors (Lipinski definition) is 3. The number of rotatable bonds is 2. The maximum absolute atomic E-state index is 5.50. The molecule has 1 rings (SSSR count). The van der Waals surface area contributed by atoms with Gasteiger partial charge < -0.3 is 4.90 Å². The van der Waals surface area contributed by atoms with E-state index in [-0.39, 0.29) is 10.8 Å². The molecule has 0 bridgehead atoms. The van der Waals surface area contributed by atoms with Crippen LogP contribution in [-0.2, 0) is 34.4 Å². The third-order valence-electron chi connectivity index (χ3n) is 3.43. The van der Waals surface area contributed by atoms with Gasteiger partial charge in [0.25, 0.3) is 0 Å². The van der Waals surface area contributed by atoms with Crippen LogP contribution in [0.5, 0.6) is 0 Å². The van der Waals surface area contributed by atoms with Gasteiger partial charge in [0.2, 0.25) is 0 Å². The van der Waals surface area contributed by atoms with E-state index in [2.05, 4.69) is 72.7 Å². The molecule has 0 radical (unpaired) electrons. The Morgan fingerprint density at radius 2 is 1.40 bits per heavy atom. The lowest BCUT2D eigenvalue weighted by molar-refractivity contribution is 0.571. The zero-order valence-corrected chi connectivity index (χ0v) is 16.4. The van der Waals surface area contributed by atoms with Gasteiger partial charge in [-0.3, -0.25) is 0 Å². The van der Waals surface area contributed by atoms with E-state index in [1.165, 1.54) is 22.1 Å². The molecule has 0 fully saturated rings. The molecule has 0 N–H and O–H groups in total. The molecule has 1 aromatic carbocycles. The van der Waals surface area contributed by atoms with Crippen molar-refractivity contribution in [1.29, 1.82) is 0 Å². The quantitative estimate of drug-likeness (QED) is 0.742. The first-order valence-corrected chi connectivity index (χ1v) is 10.2. The summed E-state index contributed by atoms with van der Waals surface area (Å²) in [7, 11) is 4.14. The van der Waals surface area contributed by atoms with Crippen molar-refractivity contribution in [3.05, 3.63) is 23.3 Å². The summed E-state index contributed by atoms with van der Waals surface area (Å²) in [6.07, 6.45) is 0. The Balaban J connectivity index is 3.83. The largest absolute Gasteiger partial charge is 0.377 e. The van der Waals surface area contributed by atoms with Crippen molar-refractivity contribution < 1.29 is 0 Å². The maximum Gasteiger partial charge on any atom is 0.0500 e. The average Bonchev–Trinajstić information content (AvgIpc) is 2.24. The molecule has 0 aromatic heterocycles. The average molecular weight is 327 g/mol. The monoisotopic (exact) mass is 327 g/mol. The summed E-state index contributed by atoms with van der Waals surface area (Å²) in [5, 5.41) is 1.19. The molecule has 0 aliphatic rings. The Morgan fingerprint density at radius 3 is 1.70 bits per heavy atom. The minimum Gasteiger partial charge on any atom is -0.377 e. The van der Waals surface area contributed by atoms with Crippen molar-refractivity contribution in [3.8, 4) is 0 Å². The summed E-state index contributed by atoms with van der Waals surface area (Å²) < 4.78 is 0. The number of anilines is 1. The molecule has 0 aliphatic heterocycles. The molecule has 0 aliphatic carbocycles. The van der Waals surface area contributed by atoms with Crippen LogP contribution in [0.2, 0.25) is 0 Å². The van der Waals surface area contributed by atoms with E-state index in [0.717, 1.165) is 0 Å². The first-order valence-electron chi connectivity index (χ1n) is 6.86. The van der Waals surface area contributed by atoms with E-state index >= 15 is 0 Å². The highest BCUT2D eigenvalue weighted by molar-refractivity contribution is 8.28. The molecule has 1 aromatic rings. The zero-order chi connectivity index (χ0) is 15.9. The number of benzene rings is 1. The van der Waals surface area contributed by atoms with Crippen molar-refractivity contribution >= 4 is 40.1 Å². The minimum absolute atomic E-state index is 0.0551. The van der Waals surface area contributed by atoms with E-state index in [1.54, 1.807) is 0 Å². The molecule has 20 heavy (non-hydrogen) atoms. The highest BCUT2D eigenvalue weighted by atomic mass is 32.7. The normalized spacial score (nSPS) is 12.4. The molecule has 0 saturated carbocycles. The van der Waals surface area contributed by atoms with Gasteiger partial charge in [0, 0.05) is 30.6 Å². The lowest BCUT2D eigenvalue weighted by atomic mass is 9.80. The van der Waals surface area contributed by atoms with Crippen LogP contribution in [0, 0.1) is 0 Å². The molecular formula is C16H26NPS2. The van der Waals surface area contributed by atoms with Crippen LogP contribution < -0.4 is 10.2 Å². The van der Waals surface area contributed by atoms with Gasteiger partial charge in [-0.2, -0.15) is 0 Å². The second-order valence-corrected chi connectivity index (χ2v) is 11.4. The molecule has 0 unspecified atom stereocenters. The third-order valence-corrected chi connectivity index (χ3v) is 5.36. The van der Waals surface area contributed by atoms with E-state index in [4.69, 9.17) is 23.6 Å². The number of nitrogens with zero attached hydrogens (tertiary/aromatic N) is 1. The summed E-state index contributed by atoms with van der Waals surface area (Å²) in [4.78, 5) is 2.15. The van der Waals surface area contributed by atoms with E-state index < -0.39 is 5.47 Å². The van der Waals surface area contributed by atoms with E-state index in [1.807, 2.05) is 0 Å². The molecule has 1 nitrogen and oxygen atoms in total. The Morgan fingerprint density at radius 1 is 0.900 bits per heavy atom. The molecular weight excluding hydrogens is 301 g/mol. The summed E-state index contributed by atoms with van der Waals surface area (Å²) in [5.74, 6) is 0. The van der Waals surface area contributed by atoms with Crippen LogP contribution in [0.25, 0.3) is 0 Å². The fourth-order valence-electron chi connectivity index (χ4n) is 2.16. The van der Waals surface area contributed by atoms with Crippen LogP contribution in [0.15, 0.2) is 12.1 Å². The van der Waals surface area contributed by atoms with E-state index in [0.29, 0.717) is 0 Å². The van der Waals surface area contributed by atoms with Crippen molar-refractivity contribution in [1.82, 2.24) is 0 Å². The first kappa shape index (κ1) is 17.8. The summed E-state index contributed by atoms with van der Waals surface area (Å²) >= 11 is 11.0. The molecule has 0 spiro atoms. The van der Waals surface area contributed by atoms with Crippen molar-refractivity contribution in [2.24, 2.45) is 0 Å². The lowest BCUT2D eigenvalue weighted by Gasteiger charge is -2.30. The second kappa shape index (κ2) is 5.87. The Kier molecular flexibility index (Phi) is 5.22. The third kappa shape index (κ3) is 3.90. The second-order valence-electron chi connectivity index (χ2n) is 7.54. The topological polar surface area (TPSA) is 3.24 Å². The minimum atomic E-state index is -0.957. The fraction of sp³-hybridized carbons (Fsp3) is 0.625. The van der Waals surface area contributed by atoms with Gasteiger partial charge >= 0.3 is 0 Å². The maximum atomic E-state index is 5.50. The van der Waals surface area contributed by atoms with Gasteiger partial charge in [-0.15, -0.1) is 0 Å². The van der Waals surface area contributed by atoms with Crippen LogP contribution in [-0.4, -0.2) is 14.1 Å². The molecule has 112 valence electrons. The predicted molar refractivity (Wildman–Crippen MR) is 99.5 cm³/mol. The summed E-state index contributed by atoms with van der Waals surface area (Å²) in [6.45, 7) is 13.5. The smallest absolute Gasteiger partial charge is 0.0500 e. The van der Waals surface area contributed by atoms with Gasteiger partial charge in [0.1, 0.15) is 0 Å². The van der Waals surface area contributed by atoms with Gasteiger partial charge in [0.05, 0.1) is 0 Å². The molecule has 4 heteroatoms. The molecule has 0 atom stereocenters. The Labute approximate surface area is 134 Å². The Bertz CT molecular complexity index is 565. The molecule has 0 amide bonds. The molecule has 0 saturated heterocycles.